The zero-order valence-corrected chi connectivity index (χ0v) is 12.2. The Bertz CT molecular complexity index is 345. The van der Waals surface area contributed by atoms with Crippen LogP contribution in [0.5, 0.6) is 0 Å². The molecule has 1 aliphatic heterocycles. The molecule has 0 radical (unpaired) electrons. The Morgan fingerprint density at radius 2 is 2.00 bits per heavy atom. The van der Waals surface area contributed by atoms with E-state index in [2.05, 4.69) is 0 Å². The third-order valence-corrected chi connectivity index (χ3v) is 5.03. The molecule has 0 unspecified atom stereocenters. The largest absolute Gasteiger partial charge is 0.480 e. The van der Waals surface area contributed by atoms with Crippen LogP contribution in [0.1, 0.15) is 39.0 Å². The standard InChI is InChI=1S/C13H22N2O3S/c1-2-14(10-6-4-3-5-7-10)13(18)15-9-19-8-11(15)12(16)17/h10-11H,2-9H2,1H3,(H,16,17)/t11-/m0/s1. The Hall–Kier alpha value is -0.910. The lowest BCUT2D eigenvalue weighted by atomic mass is 9.94. The average Bonchev–Trinajstić information content (AvgIpc) is 2.90. The maximum absolute atomic E-state index is 12.6. The summed E-state index contributed by atoms with van der Waals surface area (Å²) in [6, 6.07) is -0.451. The van der Waals surface area contributed by atoms with E-state index >= 15 is 0 Å². The van der Waals surface area contributed by atoms with Crippen molar-refractivity contribution >= 4 is 23.8 Å². The van der Waals surface area contributed by atoms with Gasteiger partial charge >= 0.3 is 12.0 Å². The highest BCUT2D eigenvalue weighted by atomic mass is 32.2. The first-order valence-electron chi connectivity index (χ1n) is 7.03. The fraction of sp³-hybridized carbons (Fsp3) is 0.846. The summed E-state index contributed by atoms with van der Waals surface area (Å²) in [6.07, 6.45) is 5.70. The Morgan fingerprint density at radius 1 is 1.32 bits per heavy atom. The van der Waals surface area contributed by atoms with Crippen LogP contribution in [0, 0.1) is 0 Å². The summed E-state index contributed by atoms with van der Waals surface area (Å²) in [4.78, 5) is 27.1. The smallest absolute Gasteiger partial charge is 0.327 e. The number of rotatable bonds is 3. The van der Waals surface area contributed by atoms with Gasteiger partial charge in [0.1, 0.15) is 6.04 Å². The van der Waals surface area contributed by atoms with Crippen molar-refractivity contribution in [2.75, 3.05) is 18.2 Å². The number of hydrogen-bond acceptors (Lipinski definition) is 3. The van der Waals surface area contributed by atoms with Crippen LogP contribution >= 0.6 is 11.8 Å². The second-order valence-electron chi connectivity index (χ2n) is 5.18. The molecule has 5 nitrogen and oxygen atoms in total. The van der Waals surface area contributed by atoms with Gasteiger partial charge in [0.2, 0.25) is 0 Å². The van der Waals surface area contributed by atoms with Crippen molar-refractivity contribution in [3.63, 3.8) is 0 Å². The molecule has 1 atom stereocenters. The van der Waals surface area contributed by atoms with Gasteiger partial charge < -0.3 is 14.9 Å². The predicted molar refractivity (Wildman–Crippen MR) is 75.2 cm³/mol. The molecule has 1 aliphatic carbocycles. The molecule has 1 heterocycles. The number of carbonyl (C=O) groups excluding carboxylic acids is 1. The highest BCUT2D eigenvalue weighted by Crippen LogP contribution is 2.27. The first kappa shape index (κ1) is 14.5. The number of nitrogens with zero attached hydrogens (tertiary/aromatic N) is 2. The van der Waals surface area contributed by atoms with Crippen LogP contribution in [-0.2, 0) is 4.79 Å². The van der Waals surface area contributed by atoms with Gasteiger partial charge in [-0.25, -0.2) is 9.59 Å². The van der Waals surface area contributed by atoms with Gasteiger partial charge in [0.05, 0.1) is 5.88 Å². The SMILES string of the molecule is CCN(C(=O)N1CSC[C@H]1C(=O)O)C1CCCCC1. The van der Waals surface area contributed by atoms with Crippen molar-refractivity contribution in [2.45, 2.75) is 51.1 Å². The number of carbonyl (C=O) groups is 2. The number of thioether (sulfide) groups is 1. The molecule has 0 bridgehead atoms. The number of carboxylic acids is 1. The van der Waals surface area contributed by atoms with Crippen molar-refractivity contribution in [3.8, 4) is 0 Å². The lowest BCUT2D eigenvalue weighted by Gasteiger charge is -2.37. The lowest BCUT2D eigenvalue weighted by Crippen LogP contribution is -2.52. The first-order valence-corrected chi connectivity index (χ1v) is 8.18. The minimum atomic E-state index is -0.891. The number of carboxylic acid groups (broad SMARTS) is 1. The fourth-order valence-electron chi connectivity index (χ4n) is 2.94. The summed E-state index contributed by atoms with van der Waals surface area (Å²) in [6.45, 7) is 2.64. The zero-order valence-electron chi connectivity index (χ0n) is 11.4. The Kier molecular flexibility index (Phi) is 4.96. The normalized spacial score (nSPS) is 24.5. The van der Waals surface area contributed by atoms with E-state index in [0.29, 0.717) is 24.2 Å². The van der Waals surface area contributed by atoms with Gasteiger partial charge in [-0.1, -0.05) is 19.3 Å². The van der Waals surface area contributed by atoms with E-state index in [1.807, 2.05) is 11.8 Å². The molecule has 0 aromatic rings. The summed E-state index contributed by atoms with van der Waals surface area (Å²) in [5, 5.41) is 9.17. The van der Waals surface area contributed by atoms with Crippen LogP contribution in [-0.4, -0.2) is 57.2 Å². The van der Waals surface area contributed by atoms with E-state index in [-0.39, 0.29) is 6.03 Å². The molecule has 0 aromatic carbocycles. The van der Waals surface area contributed by atoms with E-state index in [4.69, 9.17) is 0 Å². The second-order valence-corrected chi connectivity index (χ2v) is 6.18. The van der Waals surface area contributed by atoms with Crippen molar-refractivity contribution in [3.05, 3.63) is 0 Å². The molecular weight excluding hydrogens is 264 g/mol. The highest BCUT2D eigenvalue weighted by molar-refractivity contribution is 7.99. The van der Waals surface area contributed by atoms with Gasteiger partial charge in [-0.05, 0) is 19.8 Å². The zero-order chi connectivity index (χ0) is 13.8. The molecule has 1 saturated carbocycles. The van der Waals surface area contributed by atoms with E-state index in [1.165, 1.54) is 35.9 Å². The van der Waals surface area contributed by atoms with Gasteiger partial charge in [-0.2, -0.15) is 0 Å². The summed E-state index contributed by atoms with van der Waals surface area (Å²) in [5.74, 6) is 0.112. The van der Waals surface area contributed by atoms with E-state index in [0.717, 1.165) is 12.8 Å². The summed E-state index contributed by atoms with van der Waals surface area (Å²) < 4.78 is 0. The van der Waals surface area contributed by atoms with Gasteiger partial charge in [-0.15, -0.1) is 11.8 Å². The van der Waals surface area contributed by atoms with E-state index in [9.17, 15) is 14.7 Å². The highest BCUT2D eigenvalue weighted by Gasteiger charge is 2.38. The fourth-order valence-corrected chi connectivity index (χ4v) is 4.08. The molecule has 6 heteroatoms. The molecule has 2 fully saturated rings. The summed E-state index contributed by atoms with van der Waals surface area (Å²) in [7, 11) is 0. The Balaban J connectivity index is 2.05. The third kappa shape index (κ3) is 3.16. The maximum atomic E-state index is 12.6. The minimum absolute atomic E-state index is 0.0909. The van der Waals surface area contributed by atoms with Crippen LogP contribution in [0.15, 0.2) is 0 Å². The number of aliphatic carboxylic acids is 1. The van der Waals surface area contributed by atoms with Gasteiger partial charge in [0.25, 0.3) is 0 Å². The van der Waals surface area contributed by atoms with Crippen molar-refractivity contribution < 1.29 is 14.7 Å². The van der Waals surface area contributed by atoms with Crippen molar-refractivity contribution in [2.24, 2.45) is 0 Å². The Labute approximate surface area is 118 Å². The number of amides is 2. The Morgan fingerprint density at radius 3 is 2.58 bits per heavy atom. The van der Waals surface area contributed by atoms with Gasteiger partial charge in [0, 0.05) is 18.3 Å². The molecule has 0 spiro atoms. The summed E-state index contributed by atoms with van der Waals surface area (Å²) in [5.41, 5.74) is 0. The molecule has 19 heavy (non-hydrogen) atoms. The molecule has 2 rings (SSSR count). The number of hydrogen-bond donors (Lipinski definition) is 1. The molecular formula is C13H22N2O3S. The maximum Gasteiger partial charge on any atom is 0.327 e. The van der Waals surface area contributed by atoms with Crippen LogP contribution in [0.2, 0.25) is 0 Å². The van der Waals surface area contributed by atoms with Crippen molar-refractivity contribution in [1.29, 1.82) is 0 Å². The first-order chi connectivity index (χ1) is 9.15. The van der Waals surface area contributed by atoms with E-state index < -0.39 is 12.0 Å². The monoisotopic (exact) mass is 286 g/mol. The van der Waals surface area contributed by atoms with Gasteiger partial charge in [-0.3, -0.25) is 0 Å². The van der Waals surface area contributed by atoms with E-state index in [1.54, 1.807) is 0 Å². The minimum Gasteiger partial charge on any atom is -0.480 e. The average molecular weight is 286 g/mol. The van der Waals surface area contributed by atoms with Crippen molar-refractivity contribution in [1.82, 2.24) is 9.80 Å². The van der Waals surface area contributed by atoms with Crippen LogP contribution in [0.4, 0.5) is 4.79 Å². The molecule has 2 amide bonds. The quantitative estimate of drug-likeness (QED) is 0.864. The van der Waals surface area contributed by atoms with Crippen LogP contribution in [0.25, 0.3) is 0 Å². The molecule has 1 saturated heterocycles. The molecule has 1 N–H and O–H groups in total. The van der Waals surface area contributed by atoms with Crippen LogP contribution in [0.3, 0.4) is 0 Å². The van der Waals surface area contributed by atoms with Crippen LogP contribution < -0.4 is 0 Å². The third-order valence-electron chi connectivity index (χ3n) is 4.01. The predicted octanol–water partition coefficient (Wildman–Crippen LogP) is 2.22. The second kappa shape index (κ2) is 6.50. The molecule has 2 aliphatic rings. The molecule has 108 valence electrons. The summed E-state index contributed by atoms with van der Waals surface area (Å²) >= 11 is 1.52. The number of urea groups is 1. The lowest BCUT2D eigenvalue weighted by molar-refractivity contribution is -0.141. The molecule has 0 aromatic heterocycles. The van der Waals surface area contributed by atoms with Gasteiger partial charge in [0.15, 0.2) is 0 Å². The topological polar surface area (TPSA) is 60.9 Å².